The van der Waals surface area contributed by atoms with E-state index in [-0.39, 0.29) is 5.92 Å². The first-order chi connectivity index (χ1) is 11.6. The van der Waals surface area contributed by atoms with Gasteiger partial charge in [0.05, 0.1) is 24.8 Å². The lowest BCUT2D eigenvalue weighted by Crippen LogP contribution is -2.23. The number of rotatable bonds is 4. The molecule has 1 unspecified atom stereocenters. The first-order valence-electron chi connectivity index (χ1n) is 8.00. The molecule has 0 bridgehead atoms. The fourth-order valence-electron chi connectivity index (χ4n) is 2.34. The van der Waals surface area contributed by atoms with Crippen LogP contribution in [0.1, 0.15) is 30.0 Å². The van der Waals surface area contributed by atoms with Crippen molar-refractivity contribution in [2.75, 3.05) is 25.1 Å². The molecule has 128 valence electrons. The van der Waals surface area contributed by atoms with Gasteiger partial charge in [-0.2, -0.15) is 0 Å². The van der Waals surface area contributed by atoms with Crippen molar-refractivity contribution in [1.29, 1.82) is 0 Å². The zero-order valence-corrected chi connectivity index (χ0v) is 14.7. The Labute approximate surface area is 145 Å². The summed E-state index contributed by atoms with van der Waals surface area (Å²) in [5.74, 6) is 2.12. The molecule has 0 amide bonds. The van der Waals surface area contributed by atoms with E-state index in [0.717, 1.165) is 34.3 Å². The van der Waals surface area contributed by atoms with E-state index in [1.807, 2.05) is 25.1 Å². The van der Waals surface area contributed by atoms with Crippen molar-refractivity contribution >= 4 is 23.0 Å². The number of nitrogens with one attached hydrogen (secondary N) is 1. The van der Waals surface area contributed by atoms with Crippen LogP contribution in [0.3, 0.4) is 0 Å². The van der Waals surface area contributed by atoms with E-state index in [0.29, 0.717) is 25.7 Å². The number of benzene rings is 1. The average molecular weight is 346 g/mol. The maximum Gasteiger partial charge on any atom is 0.193 e. The van der Waals surface area contributed by atoms with Gasteiger partial charge in [0.1, 0.15) is 0 Å². The molecule has 3 N–H and O–H groups in total. The Morgan fingerprint density at radius 3 is 2.92 bits per heavy atom. The lowest BCUT2D eigenvalue weighted by molar-refractivity contribution is 0.297. The maximum absolute atomic E-state index is 5.99. The summed E-state index contributed by atoms with van der Waals surface area (Å²) in [6.07, 6.45) is 0.884. The molecule has 2 aromatic rings. The molecule has 0 spiro atoms. The van der Waals surface area contributed by atoms with E-state index in [9.17, 15) is 0 Å². The lowest BCUT2D eigenvalue weighted by atomic mass is 10.2. The number of aryl methyl sites for hydroxylation is 1. The molecule has 1 aromatic heterocycles. The summed E-state index contributed by atoms with van der Waals surface area (Å²) >= 11 is 1.66. The first kappa shape index (κ1) is 16.6. The number of guanidine groups is 1. The molecule has 7 heteroatoms. The number of aromatic nitrogens is 1. The molecule has 2 heterocycles. The summed E-state index contributed by atoms with van der Waals surface area (Å²) in [6, 6.07) is 5.68. The number of ether oxygens (including phenoxy) is 2. The van der Waals surface area contributed by atoms with Crippen molar-refractivity contribution in [3.63, 3.8) is 0 Å². The van der Waals surface area contributed by atoms with Crippen molar-refractivity contribution in [1.82, 2.24) is 4.98 Å². The van der Waals surface area contributed by atoms with Gasteiger partial charge in [-0.25, -0.2) is 4.98 Å². The van der Waals surface area contributed by atoms with Crippen LogP contribution >= 0.6 is 11.3 Å². The van der Waals surface area contributed by atoms with Gasteiger partial charge in [-0.1, -0.05) is 6.92 Å². The lowest BCUT2D eigenvalue weighted by Gasteiger charge is -2.11. The number of thiazole rings is 1. The van der Waals surface area contributed by atoms with Crippen molar-refractivity contribution in [3.8, 4) is 11.5 Å². The van der Waals surface area contributed by atoms with Gasteiger partial charge >= 0.3 is 0 Å². The molecule has 0 saturated carbocycles. The highest BCUT2D eigenvalue weighted by Crippen LogP contribution is 2.32. The Morgan fingerprint density at radius 2 is 2.17 bits per heavy atom. The van der Waals surface area contributed by atoms with E-state index >= 15 is 0 Å². The van der Waals surface area contributed by atoms with Gasteiger partial charge in [-0.15, -0.1) is 11.3 Å². The molecular formula is C17H22N4O2S. The third kappa shape index (κ3) is 4.17. The number of aliphatic imine (C=N–C) groups is 1. The van der Waals surface area contributed by atoms with E-state index in [4.69, 9.17) is 15.2 Å². The van der Waals surface area contributed by atoms with Crippen molar-refractivity contribution in [3.05, 3.63) is 34.3 Å². The van der Waals surface area contributed by atoms with Gasteiger partial charge < -0.3 is 20.5 Å². The fraction of sp³-hybridized carbons (Fsp3) is 0.412. The average Bonchev–Trinajstić information content (AvgIpc) is 2.87. The Balaban J connectivity index is 1.61. The summed E-state index contributed by atoms with van der Waals surface area (Å²) in [6.45, 7) is 6.03. The molecule has 1 aliphatic rings. The van der Waals surface area contributed by atoms with Gasteiger partial charge in [0, 0.05) is 35.2 Å². The van der Waals surface area contributed by atoms with Gasteiger partial charge in [0.25, 0.3) is 0 Å². The molecule has 1 aromatic carbocycles. The molecular weight excluding hydrogens is 324 g/mol. The van der Waals surface area contributed by atoms with Crippen LogP contribution in [0.25, 0.3) is 0 Å². The summed E-state index contributed by atoms with van der Waals surface area (Å²) < 4.78 is 11.3. The fourth-order valence-corrected chi connectivity index (χ4v) is 3.19. The normalized spacial score (nSPS) is 15.7. The van der Waals surface area contributed by atoms with E-state index in [1.165, 1.54) is 0 Å². The Kier molecular flexibility index (Phi) is 5.20. The Morgan fingerprint density at radius 1 is 1.38 bits per heavy atom. The predicted molar refractivity (Wildman–Crippen MR) is 97.4 cm³/mol. The van der Waals surface area contributed by atoms with Crippen LogP contribution in [0.2, 0.25) is 0 Å². The molecule has 0 saturated heterocycles. The highest BCUT2D eigenvalue weighted by atomic mass is 32.1. The molecule has 1 atom stereocenters. The SMILES string of the molecule is Cc1csc(C(C)CN=C(N)Nc2ccc3c(c2)OCCCO3)n1. The quantitative estimate of drug-likeness (QED) is 0.656. The highest BCUT2D eigenvalue weighted by molar-refractivity contribution is 7.09. The molecule has 24 heavy (non-hydrogen) atoms. The van der Waals surface area contributed by atoms with Crippen LogP contribution in [-0.2, 0) is 0 Å². The van der Waals surface area contributed by atoms with Gasteiger partial charge in [0.15, 0.2) is 17.5 Å². The van der Waals surface area contributed by atoms with Crippen molar-refractivity contribution in [2.45, 2.75) is 26.2 Å². The standard InChI is InChI=1S/C17H22N4O2S/c1-11(16-20-12(2)10-24-16)9-19-17(18)21-13-4-5-14-15(8-13)23-7-3-6-22-14/h4-5,8,10-11H,3,6-7,9H2,1-2H3,(H3,18,19,21). The van der Waals surface area contributed by atoms with Crippen LogP contribution in [0, 0.1) is 6.92 Å². The van der Waals surface area contributed by atoms with E-state index in [2.05, 4.69) is 27.6 Å². The first-order valence-corrected chi connectivity index (χ1v) is 8.88. The number of fused-ring (bicyclic) bond motifs is 1. The Bertz CT molecular complexity index is 729. The minimum Gasteiger partial charge on any atom is -0.490 e. The molecule has 0 fully saturated rings. The van der Waals surface area contributed by atoms with Crippen LogP contribution < -0.4 is 20.5 Å². The summed E-state index contributed by atoms with van der Waals surface area (Å²) in [5.41, 5.74) is 7.87. The second-order valence-electron chi connectivity index (χ2n) is 5.79. The minimum atomic E-state index is 0.243. The van der Waals surface area contributed by atoms with Crippen LogP contribution in [-0.4, -0.2) is 30.7 Å². The molecule has 1 aliphatic heterocycles. The third-order valence-corrected chi connectivity index (χ3v) is 4.81. The number of hydrogen-bond donors (Lipinski definition) is 2. The second kappa shape index (κ2) is 7.53. The smallest absolute Gasteiger partial charge is 0.193 e. The summed E-state index contributed by atoms with van der Waals surface area (Å²) in [5, 5.41) is 6.23. The predicted octanol–water partition coefficient (Wildman–Crippen LogP) is 3.14. The van der Waals surface area contributed by atoms with Crippen LogP contribution in [0.4, 0.5) is 5.69 Å². The van der Waals surface area contributed by atoms with Crippen LogP contribution in [0.15, 0.2) is 28.6 Å². The van der Waals surface area contributed by atoms with E-state index in [1.54, 1.807) is 11.3 Å². The number of nitrogens with zero attached hydrogens (tertiary/aromatic N) is 2. The van der Waals surface area contributed by atoms with Gasteiger partial charge in [0.2, 0.25) is 0 Å². The van der Waals surface area contributed by atoms with Crippen LogP contribution in [0.5, 0.6) is 11.5 Å². The van der Waals surface area contributed by atoms with Crippen molar-refractivity contribution < 1.29 is 9.47 Å². The van der Waals surface area contributed by atoms with Crippen molar-refractivity contribution in [2.24, 2.45) is 10.7 Å². The minimum absolute atomic E-state index is 0.243. The number of hydrogen-bond acceptors (Lipinski definition) is 5. The second-order valence-corrected chi connectivity index (χ2v) is 6.68. The molecule has 0 radical (unpaired) electrons. The maximum atomic E-state index is 5.99. The topological polar surface area (TPSA) is 81.8 Å². The Hall–Kier alpha value is -2.28. The van der Waals surface area contributed by atoms with Gasteiger partial charge in [-0.05, 0) is 19.1 Å². The zero-order chi connectivity index (χ0) is 16.9. The summed E-state index contributed by atoms with van der Waals surface area (Å²) in [7, 11) is 0. The van der Waals surface area contributed by atoms with Gasteiger partial charge in [-0.3, -0.25) is 4.99 Å². The largest absolute Gasteiger partial charge is 0.490 e. The third-order valence-electron chi connectivity index (χ3n) is 3.61. The highest BCUT2D eigenvalue weighted by Gasteiger charge is 2.12. The zero-order valence-electron chi connectivity index (χ0n) is 13.9. The molecule has 3 rings (SSSR count). The number of anilines is 1. The number of nitrogens with two attached hydrogens (primary N) is 1. The summed E-state index contributed by atoms with van der Waals surface area (Å²) in [4.78, 5) is 8.90. The monoisotopic (exact) mass is 346 g/mol. The molecule has 6 nitrogen and oxygen atoms in total. The van der Waals surface area contributed by atoms with E-state index < -0.39 is 0 Å². The molecule has 0 aliphatic carbocycles.